The molecular formula is C16H21ClO3. The quantitative estimate of drug-likeness (QED) is 0.447. The summed E-state index contributed by atoms with van der Waals surface area (Å²) in [7, 11) is 0. The number of ketones is 1. The maximum atomic E-state index is 12.4. The lowest BCUT2D eigenvalue weighted by Crippen LogP contribution is -2.41. The van der Waals surface area contributed by atoms with Crippen molar-refractivity contribution in [3.05, 3.63) is 29.3 Å². The molecule has 1 aromatic rings. The minimum atomic E-state index is -1.13. The third-order valence-electron chi connectivity index (χ3n) is 3.80. The van der Waals surface area contributed by atoms with Crippen LogP contribution in [0.3, 0.4) is 0 Å². The van der Waals surface area contributed by atoms with Gasteiger partial charge in [0, 0.05) is 5.92 Å². The topological polar surface area (TPSA) is 43.4 Å². The summed E-state index contributed by atoms with van der Waals surface area (Å²) in [6, 6.07) is 6.74. The number of ether oxygens (including phenoxy) is 1. The van der Waals surface area contributed by atoms with Gasteiger partial charge in [-0.1, -0.05) is 44.5 Å². The van der Waals surface area contributed by atoms with Gasteiger partial charge >= 0.3 is 5.97 Å². The highest BCUT2D eigenvalue weighted by atomic mass is 35.5. The van der Waals surface area contributed by atoms with Crippen LogP contribution in [0.15, 0.2) is 24.3 Å². The number of carbonyl (C=O) groups is 2. The first-order chi connectivity index (χ1) is 9.36. The molecule has 2 atom stereocenters. The average molecular weight is 297 g/mol. The molecule has 0 aromatic heterocycles. The standard InChI is InChI=1S/C16H21ClO3/c1-5-11(3)14(18)16(4,6-2)15(19)20-13-10-8-7-9-12(13)17/h7-11H,5-6H2,1-4H3. The second kappa shape index (κ2) is 6.89. The molecule has 3 nitrogen and oxygen atoms in total. The molecule has 0 bridgehead atoms. The van der Waals surface area contributed by atoms with Crippen molar-refractivity contribution in [1.82, 2.24) is 0 Å². The van der Waals surface area contributed by atoms with Crippen LogP contribution >= 0.6 is 11.6 Å². The molecule has 0 saturated carbocycles. The number of rotatable bonds is 6. The van der Waals surface area contributed by atoms with E-state index in [0.29, 0.717) is 17.9 Å². The average Bonchev–Trinajstić information content (AvgIpc) is 2.46. The molecule has 110 valence electrons. The summed E-state index contributed by atoms with van der Waals surface area (Å²) in [5, 5.41) is 0.357. The van der Waals surface area contributed by atoms with Crippen molar-refractivity contribution >= 4 is 23.4 Å². The van der Waals surface area contributed by atoms with Gasteiger partial charge in [0.05, 0.1) is 5.02 Å². The summed E-state index contributed by atoms with van der Waals surface area (Å²) in [4.78, 5) is 24.8. The lowest BCUT2D eigenvalue weighted by Gasteiger charge is -2.27. The van der Waals surface area contributed by atoms with E-state index in [2.05, 4.69) is 0 Å². The highest BCUT2D eigenvalue weighted by Gasteiger charge is 2.42. The smallest absolute Gasteiger partial charge is 0.324 e. The van der Waals surface area contributed by atoms with Crippen molar-refractivity contribution in [3.63, 3.8) is 0 Å². The predicted molar refractivity (Wildman–Crippen MR) is 79.9 cm³/mol. The molecule has 20 heavy (non-hydrogen) atoms. The van der Waals surface area contributed by atoms with Gasteiger partial charge < -0.3 is 4.74 Å². The summed E-state index contributed by atoms with van der Waals surface area (Å²) in [5.41, 5.74) is -1.13. The number of benzene rings is 1. The van der Waals surface area contributed by atoms with E-state index in [1.165, 1.54) is 0 Å². The number of para-hydroxylation sites is 1. The Morgan fingerprint density at radius 1 is 1.30 bits per heavy atom. The molecule has 0 fully saturated rings. The Hall–Kier alpha value is -1.35. The second-order valence-electron chi connectivity index (χ2n) is 5.18. The van der Waals surface area contributed by atoms with E-state index in [1.54, 1.807) is 31.2 Å². The Kier molecular flexibility index (Phi) is 5.75. The minimum Gasteiger partial charge on any atom is -0.424 e. The maximum absolute atomic E-state index is 12.4. The van der Waals surface area contributed by atoms with Crippen molar-refractivity contribution in [2.45, 2.75) is 40.5 Å². The molecular weight excluding hydrogens is 276 g/mol. The fraction of sp³-hybridized carbons (Fsp3) is 0.500. The fourth-order valence-electron chi connectivity index (χ4n) is 1.89. The van der Waals surface area contributed by atoms with Crippen LogP contribution in [0.2, 0.25) is 5.02 Å². The maximum Gasteiger partial charge on any atom is 0.324 e. The van der Waals surface area contributed by atoms with E-state index in [4.69, 9.17) is 16.3 Å². The van der Waals surface area contributed by atoms with Crippen LogP contribution in [-0.2, 0) is 9.59 Å². The molecule has 2 unspecified atom stereocenters. The zero-order chi connectivity index (χ0) is 15.3. The molecule has 0 radical (unpaired) electrons. The molecule has 0 amide bonds. The highest BCUT2D eigenvalue weighted by Crippen LogP contribution is 2.32. The molecule has 0 saturated heterocycles. The summed E-state index contributed by atoms with van der Waals surface area (Å²) in [6.45, 7) is 7.21. The normalized spacial score (nSPS) is 15.2. The largest absolute Gasteiger partial charge is 0.424 e. The molecule has 0 aliphatic carbocycles. The number of carbonyl (C=O) groups excluding carboxylic acids is 2. The van der Waals surface area contributed by atoms with Gasteiger partial charge in [-0.15, -0.1) is 0 Å². The summed E-state index contributed by atoms with van der Waals surface area (Å²) >= 11 is 5.97. The van der Waals surface area contributed by atoms with Crippen molar-refractivity contribution in [3.8, 4) is 5.75 Å². The molecule has 0 N–H and O–H groups in total. The SMILES string of the molecule is CCC(C)C(=O)C(C)(CC)C(=O)Oc1ccccc1Cl. The Morgan fingerprint density at radius 3 is 2.40 bits per heavy atom. The van der Waals surface area contributed by atoms with E-state index in [1.807, 2.05) is 20.8 Å². The van der Waals surface area contributed by atoms with Crippen LogP contribution in [0.5, 0.6) is 5.75 Å². The van der Waals surface area contributed by atoms with Crippen molar-refractivity contribution in [1.29, 1.82) is 0 Å². The minimum absolute atomic E-state index is 0.0837. The van der Waals surface area contributed by atoms with Gasteiger partial charge in [0.25, 0.3) is 0 Å². The first-order valence-corrected chi connectivity index (χ1v) is 7.25. The molecule has 0 heterocycles. The van der Waals surface area contributed by atoms with Crippen LogP contribution in [0, 0.1) is 11.3 Å². The molecule has 0 aliphatic rings. The lowest BCUT2D eigenvalue weighted by molar-refractivity contribution is -0.153. The number of Topliss-reactive ketones (excluding diaryl/α,β-unsaturated/α-hetero) is 1. The number of hydrogen-bond donors (Lipinski definition) is 0. The van der Waals surface area contributed by atoms with Gasteiger partial charge in [0.2, 0.25) is 0 Å². The van der Waals surface area contributed by atoms with Gasteiger partial charge in [-0.05, 0) is 31.9 Å². The third kappa shape index (κ3) is 3.40. The molecule has 0 aliphatic heterocycles. The van der Waals surface area contributed by atoms with Crippen LogP contribution in [0.25, 0.3) is 0 Å². The Bertz CT molecular complexity index is 498. The Morgan fingerprint density at radius 2 is 1.90 bits per heavy atom. The van der Waals surface area contributed by atoms with Crippen LogP contribution in [0.1, 0.15) is 40.5 Å². The first-order valence-electron chi connectivity index (χ1n) is 6.87. The predicted octanol–water partition coefficient (Wildman–Crippen LogP) is 4.28. The highest BCUT2D eigenvalue weighted by molar-refractivity contribution is 6.32. The van der Waals surface area contributed by atoms with Gasteiger partial charge in [-0.3, -0.25) is 9.59 Å². The zero-order valence-electron chi connectivity index (χ0n) is 12.4. The van der Waals surface area contributed by atoms with E-state index >= 15 is 0 Å². The zero-order valence-corrected chi connectivity index (χ0v) is 13.2. The third-order valence-corrected chi connectivity index (χ3v) is 4.11. The second-order valence-corrected chi connectivity index (χ2v) is 5.59. The first kappa shape index (κ1) is 16.7. The van der Waals surface area contributed by atoms with Crippen LogP contribution < -0.4 is 4.74 Å². The van der Waals surface area contributed by atoms with Crippen LogP contribution in [0.4, 0.5) is 0 Å². The van der Waals surface area contributed by atoms with Gasteiger partial charge in [-0.2, -0.15) is 0 Å². The van der Waals surface area contributed by atoms with E-state index in [0.717, 1.165) is 0 Å². The van der Waals surface area contributed by atoms with Crippen molar-refractivity contribution < 1.29 is 14.3 Å². The Labute approximate surface area is 125 Å². The number of hydrogen-bond acceptors (Lipinski definition) is 3. The molecule has 0 spiro atoms. The van der Waals surface area contributed by atoms with Gasteiger partial charge in [0.1, 0.15) is 11.2 Å². The van der Waals surface area contributed by atoms with Crippen molar-refractivity contribution in [2.75, 3.05) is 0 Å². The summed E-state index contributed by atoms with van der Waals surface area (Å²) < 4.78 is 5.33. The molecule has 1 aromatic carbocycles. The molecule has 4 heteroatoms. The van der Waals surface area contributed by atoms with E-state index in [-0.39, 0.29) is 17.5 Å². The summed E-state index contributed by atoms with van der Waals surface area (Å²) in [6.07, 6.45) is 1.10. The van der Waals surface area contributed by atoms with Crippen molar-refractivity contribution in [2.24, 2.45) is 11.3 Å². The van der Waals surface area contributed by atoms with Gasteiger partial charge in [0.15, 0.2) is 5.78 Å². The summed E-state index contributed by atoms with van der Waals surface area (Å²) in [5.74, 6) is -0.507. The monoisotopic (exact) mass is 296 g/mol. The van der Waals surface area contributed by atoms with Crippen LogP contribution in [-0.4, -0.2) is 11.8 Å². The number of halogens is 1. The van der Waals surface area contributed by atoms with E-state index < -0.39 is 11.4 Å². The lowest BCUT2D eigenvalue weighted by atomic mass is 9.77. The fourth-order valence-corrected chi connectivity index (χ4v) is 2.06. The van der Waals surface area contributed by atoms with Gasteiger partial charge in [-0.25, -0.2) is 0 Å². The molecule has 1 rings (SSSR count). The number of esters is 1. The Balaban J connectivity index is 2.98. The van der Waals surface area contributed by atoms with E-state index in [9.17, 15) is 9.59 Å².